The Hall–Kier alpha value is -2.82. The molecule has 0 saturated heterocycles. The van der Waals surface area contributed by atoms with Gasteiger partial charge in [-0.2, -0.15) is 0 Å². The molecule has 3 aromatic rings. The fourth-order valence-electron chi connectivity index (χ4n) is 5.39. The summed E-state index contributed by atoms with van der Waals surface area (Å²) in [7, 11) is 0. The molecule has 44 heavy (non-hydrogen) atoms. The standard InChI is InChI=1S/C40H58O4/c1-5-9-12-13-14-20-29-41-35-25-23-34(24-26-35)38-32-36(27-28-37(38)33-21-16-15-17-22-33)44-40(43-31-19-11-7-3)39(8-4)42-30-18-10-6-2/h15-17,21-28,32,39-40H,5-14,18-20,29-31H2,1-4H3/t39?,40-/m0/s1. The summed E-state index contributed by atoms with van der Waals surface area (Å²) in [4.78, 5) is 0. The molecule has 0 aliphatic heterocycles. The first-order valence-electron chi connectivity index (χ1n) is 17.5. The second-order valence-corrected chi connectivity index (χ2v) is 11.8. The maximum atomic E-state index is 6.61. The minimum Gasteiger partial charge on any atom is -0.494 e. The van der Waals surface area contributed by atoms with Crippen LogP contribution in [0.4, 0.5) is 0 Å². The molecule has 4 heteroatoms. The van der Waals surface area contributed by atoms with Gasteiger partial charge < -0.3 is 18.9 Å². The van der Waals surface area contributed by atoms with Crippen LogP contribution in [-0.2, 0) is 9.47 Å². The van der Waals surface area contributed by atoms with E-state index in [-0.39, 0.29) is 6.10 Å². The Kier molecular flexibility index (Phi) is 17.7. The van der Waals surface area contributed by atoms with E-state index in [1.165, 1.54) is 56.1 Å². The van der Waals surface area contributed by atoms with Crippen molar-refractivity contribution in [1.29, 1.82) is 0 Å². The lowest BCUT2D eigenvalue weighted by Crippen LogP contribution is -2.37. The van der Waals surface area contributed by atoms with E-state index in [2.05, 4.69) is 100 Å². The highest BCUT2D eigenvalue weighted by atomic mass is 16.7. The minimum absolute atomic E-state index is 0.117. The average molecular weight is 603 g/mol. The average Bonchev–Trinajstić information content (AvgIpc) is 3.06. The Morgan fingerprint density at radius 3 is 1.75 bits per heavy atom. The van der Waals surface area contributed by atoms with Crippen molar-refractivity contribution in [3.8, 4) is 33.8 Å². The number of unbranched alkanes of at least 4 members (excludes halogenated alkanes) is 9. The largest absolute Gasteiger partial charge is 0.494 e. The SMILES string of the molecule is CCCCCCCCOc1ccc(-c2cc(O[C@H](OCCCCC)C(CC)OCCCCC)ccc2-c2ccccc2)cc1. The van der Waals surface area contributed by atoms with Gasteiger partial charge in [-0.1, -0.05) is 134 Å². The third-order valence-electron chi connectivity index (χ3n) is 8.08. The van der Waals surface area contributed by atoms with E-state index < -0.39 is 6.29 Å². The van der Waals surface area contributed by atoms with Crippen LogP contribution in [0.2, 0.25) is 0 Å². The van der Waals surface area contributed by atoms with Gasteiger partial charge in [-0.15, -0.1) is 0 Å². The zero-order valence-corrected chi connectivity index (χ0v) is 28.0. The number of hydrogen-bond donors (Lipinski definition) is 0. The second kappa shape index (κ2) is 21.8. The summed E-state index contributed by atoms with van der Waals surface area (Å²) in [5.41, 5.74) is 4.60. The van der Waals surface area contributed by atoms with Crippen molar-refractivity contribution in [2.24, 2.45) is 0 Å². The molecule has 0 aromatic heterocycles. The van der Waals surface area contributed by atoms with Crippen LogP contribution in [0.25, 0.3) is 22.3 Å². The van der Waals surface area contributed by atoms with E-state index in [4.69, 9.17) is 18.9 Å². The third kappa shape index (κ3) is 12.7. The normalized spacial score (nSPS) is 12.6. The fraction of sp³-hybridized carbons (Fsp3) is 0.550. The molecule has 0 N–H and O–H groups in total. The summed E-state index contributed by atoms with van der Waals surface area (Å²) in [6.45, 7) is 11.0. The third-order valence-corrected chi connectivity index (χ3v) is 8.08. The van der Waals surface area contributed by atoms with Crippen LogP contribution in [0.1, 0.15) is 111 Å². The van der Waals surface area contributed by atoms with Crippen LogP contribution in [0.5, 0.6) is 11.5 Å². The highest BCUT2D eigenvalue weighted by Gasteiger charge is 2.24. The predicted octanol–water partition coefficient (Wildman–Crippen LogP) is 11.7. The molecule has 242 valence electrons. The highest BCUT2D eigenvalue weighted by molar-refractivity contribution is 5.84. The molecule has 3 aromatic carbocycles. The zero-order chi connectivity index (χ0) is 31.2. The fourth-order valence-corrected chi connectivity index (χ4v) is 5.39. The number of benzene rings is 3. The van der Waals surface area contributed by atoms with Gasteiger partial charge in [0.1, 0.15) is 17.6 Å². The molecule has 0 spiro atoms. The molecule has 3 rings (SSSR count). The van der Waals surface area contributed by atoms with Crippen LogP contribution in [0.3, 0.4) is 0 Å². The number of rotatable bonds is 24. The maximum absolute atomic E-state index is 6.61. The van der Waals surface area contributed by atoms with Gasteiger partial charge in [0.25, 0.3) is 0 Å². The summed E-state index contributed by atoms with van der Waals surface area (Å²) in [6, 6.07) is 25.4. The van der Waals surface area contributed by atoms with Crippen LogP contribution in [0.15, 0.2) is 72.8 Å². The zero-order valence-electron chi connectivity index (χ0n) is 28.0. The Morgan fingerprint density at radius 1 is 0.500 bits per heavy atom. The second-order valence-electron chi connectivity index (χ2n) is 11.8. The Bertz CT molecular complexity index is 1130. The Balaban J connectivity index is 1.79. The predicted molar refractivity (Wildman–Crippen MR) is 186 cm³/mol. The van der Waals surface area contributed by atoms with E-state index in [1.807, 2.05) is 0 Å². The quantitative estimate of drug-likeness (QED) is 0.0755. The topological polar surface area (TPSA) is 36.9 Å². The van der Waals surface area contributed by atoms with Crippen molar-refractivity contribution in [3.05, 3.63) is 72.8 Å². The highest BCUT2D eigenvalue weighted by Crippen LogP contribution is 2.36. The van der Waals surface area contributed by atoms with E-state index in [9.17, 15) is 0 Å². The van der Waals surface area contributed by atoms with Crippen molar-refractivity contribution in [2.45, 2.75) is 124 Å². The van der Waals surface area contributed by atoms with Gasteiger partial charge in [-0.3, -0.25) is 0 Å². The minimum atomic E-state index is -0.452. The van der Waals surface area contributed by atoms with Crippen LogP contribution >= 0.6 is 0 Å². The van der Waals surface area contributed by atoms with Gasteiger partial charge in [-0.25, -0.2) is 0 Å². The smallest absolute Gasteiger partial charge is 0.226 e. The monoisotopic (exact) mass is 602 g/mol. The van der Waals surface area contributed by atoms with Crippen LogP contribution in [0, 0.1) is 0 Å². The first-order valence-corrected chi connectivity index (χ1v) is 17.5. The molecule has 0 bridgehead atoms. The molecule has 0 radical (unpaired) electrons. The van der Waals surface area contributed by atoms with Crippen molar-refractivity contribution >= 4 is 0 Å². The summed E-state index contributed by atoms with van der Waals surface area (Å²) in [5.74, 6) is 1.71. The molecular weight excluding hydrogens is 544 g/mol. The number of hydrogen-bond acceptors (Lipinski definition) is 4. The van der Waals surface area contributed by atoms with Crippen molar-refractivity contribution in [2.75, 3.05) is 19.8 Å². The summed E-state index contributed by atoms with van der Waals surface area (Å²) in [6.07, 6.45) is 14.6. The van der Waals surface area contributed by atoms with Crippen molar-refractivity contribution < 1.29 is 18.9 Å². The summed E-state index contributed by atoms with van der Waals surface area (Å²) < 4.78 is 25.3. The van der Waals surface area contributed by atoms with Crippen molar-refractivity contribution in [1.82, 2.24) is 0 Å². The Labute approximate surface area is 268 Å². The van der Waals surface area contributed by atoms with E-state index in [0.29, 0.717) is 6.61 Å². The Morgan fingerprint density at radius 2 is 1.07 bits per heavy atom. The lowest BCUT2D eigenvalue weighted by atomic mass is 9.94. The summed E-state index contributed by atoms with van der Waals surface area (Å²) >= 11 is 0. The first-order chi connectivity index (χ1) is 21.7. The van der Waals surface area contributed by atoms with Crippen LogP contribution < -0.4 is 9.47 Å². The van der Waals surface area contributed by atoms with Gasteiger partial charge in [0.2, 0.25) is 6.29 Å². The molecule has 4 nitrogen and oxygen atoms in total. The maximum Gasteiger partial charge on any atom is 0.226 e. The first kappa shape index (κ1) is 35.7. The summed E-state index contributed by atoms with van der Waals surface area (Å²) in [5, 5.41) is 0. The van der Waals surface area contributed by atoms with Gasteiger partial charge >= 0.3 is 0 Å². The van der Waals surface area contributed by atoms with Gasteiger partial charge in [0.15, 0.2) is 0 Å². The molecule has 0 saturated carbocycles. The van der Waals surface area contributed by atoms with Crippen LogP contribution in [-0.4, -0.2) is 32.2 Å². The molecule has 1 unspecified atom stereocenters. The van der Waals surface area contributed by atoms with Crippen molar-refractivity contribution in [3.63, 3.8) is 0 Å². The van der Waals surface area contributed by atoms with Gasteiger partial charge in [0.05, 0.1) is 13.2 Å². The van der Waals surface area contributed by atoms with E-state index >= 15 is 0 Å². The molecular formula is C40H58O4. The van der Waals surface area contributed by atoms with E-state index in [0.717, 1.165) is 74.4 Å². The molecule has 2 atom stereocenters. The lowest BCUT2D eigenvalue weighted by molar-refractivity contribution is -0.165. The van der Waals surface area contributed by atoms with E-state index in [1.54, 1.807) is 0 Å². The molecule has 0 amide bonds. The van der Waals surface area contributed by atoms with Gasteiger partial charge in [0, 0.05) is 6.61 Å². The lowest BCUT2D eigenvalue weighted by Gasteiger charge is -2.28. The molecule has 0 aliphatic carbocycles. The van der Waals surface area contributed by atoms with Gasteiger partial charge in [-0.05, 0) is 72.2 Å². The molecule has 0 aliphatic rings. The molecule has 0 heterocycles. The number of ether oxygens (including phenoxy) is 4. The molecule has 0 fully saturated rings.